The second-order valence-electron chi connectivity index (χ2n) is 8.56. The highest BCUT2D eigenvalue weighted by atomic mass is 35.5. The molecule has 226 valence electrons. The van der Waals surface area contributed by atoms with Crippen molar-refractivity contribution in [1.82, 2.24) is 21.3 Å². The molecule has 0 aliphatic heterocycles. The van der Waals surface area contributed by atoms with Gasteiger partial charge in [-0.15, -0.1) is 0 Å². The standard InChI is InChI=1S/C9H11NO.C8H8ClNO.C8H8FNO.C8H9NO/c1-7-3-5-8(6-4-7)9(11)10-2;2*1-10-8(11)6-2-4-7(9)5-3-6;1-9-8(10)7-5-3-2-4-6-7/h3-6H,1-2H3,(H,10,11);2*2-5H,1H3,(H,10,11);2-6H,1H3,(H,9,10). The quantitative estimate of drug-likeness (QED) is 0.253. The monoisotopic (exact) mass is 606 g/mol. The van der Waals surface area contributed by atoms with Gasteiger partial charge in [0.25, 0.3) is 23.6 Å². The topological polar surface area (TPSA) is 116 Å². The molecule has 0 heterocycles. The normalized spacial score (nSPS) is 9.19. The Morgan fingerprint density at radius 2 is 0.791 bits per heavy atom. The van der Waals surface area contributed by atoms with E-state index in [1.807, 2.05) is 49.4 Å². The molecule has 4 aromatic rings. The molecule has 0 saturated heterocycles. The number of benzene rings is 4. The van der Waals surface area contributed by atoms with E-state index in [0.29, 0.717) is 27.3 Å². The van der Waals surface area contributed by atoms with E-state index in [-0.39, 0.29) is 29.4 Å². The maximum Gasteiger partial charge on any atom is 0.251 e. The number of nitrogens with one attached hydrogen (secondary N) is 4. The summed E-state index contributed by atoms with van der Waals surface area (Å²) in [5, 5.41) is 10.7. The molecule has 0 radical (unpaired) electrons. The van der Waals surface area contributed by atoms with Crippen LogP contribution in [0.4, 0.5) is 4.39 Å². The van der Waals surface area contributed by atoms with Crippen LogP contribution in [0.25, 0.3) is 0 Å². The highest BCUT2D eigenvalue weighted by Crippen LogP contribution is 2.09. The number of aryl methyl sites for hydroxylation is 1. The van der Waals surface area contributed by atoms with E-state index < -0.39 is 0 Å². The molecule has 0 saturated carbocycles. The number of rotatable bonds is 4. The lowest BCUT2D eigenvalue weighted by Crippen LogP contribution is -2.17. The third-order valence-electron chi connectivity index (χ3n) is 5.47. The van der Waals surface area contributed by atoms with Crippen molar-refractivity contribution in [3.05, 3.63) is 142 Å². The predicted molar refractivity (Wildman–Crippen MR) is 169 cm³/mol. The van der Waals surface area contributed by atoms with Crippen LogP contribution in [0.2, 0.25) is 5.02 Å². The number of halogens is 2. The summed E-state index contributed by atoms with van der Waals surface area (Å²) in [7, 11) is 6.38. The van der Waals surface area contributed by atoms with Gasteiger partial charge in [0.15, 0.2) is 0 Å². The summed E-state index contributed by atoms with van der Waals surface area (Å²) < 4.78 is 12.3. The molecular formula is C33H36ClFN4O4. The first-order chi connectivity index (χ1) is 20.6. The molecule has 0 fully saturated rings. The second kappa shape index (κ2) is 20.0. The zero-order valence-electron chi connectivity index (χ0n) is 24.7. The molecule has 0 bridgehead atoms. The minimum atomic E-state index is -0.336. The molecule has 0 aliphatic rings. The van der Waals surface area contributed by atoms with Gasteiger partial charge in [0, 0.05) is 55.5 Å². The minimum Gasteiger partial charge on any atom is -0.355 e. The molecule has 0 unspecified atom stereocenters. The Morgan fingerprint density at radius 1 is 0.488 bits per heavy atom. The number of carbonyl (C=O) groups excluding carboxylic acids is 4. The first kappa shape index (κ1) is 36.0. The van der Waals surface area contributed by atoms with Crippen LogP contribution in [0, 0.1) is 12.7 Å². The van der Waals surface area contributed by atoms with Crippen molar-refractivity contribution >= 4 is 35.2 Å². The molecule has 0 aliphatic carbocycles. The van der Waals surface area contributed by atoms with Crippen molar-refractivity contribution < 1.29 is 23.6 Å². The lowest BCUT2D eigenvalue weighted by molar-refractivity contribution is 0.0955. The average molecular weight is 607 g/mol. The van der Waals surface area contributed by atoms with Crippen LogP contribution in [0.3, 0.4) is 0 Å². The number of hydrogen-bond donors (Lipinski definition) is 4. The van der Waals surface area contributed by atoms with Gasteiger partial charge in [-0.3, -0.25) is 19.2 Å². The van der Waals surface area contributed by atoms with E-state index in [4.69, 9.17) is 11.6 Å². The van der Waals surface area contributed by atoms with Crippen LogP contribution in [0.1, 0.15) is 47.0 Å². The third kappa shape index (κ3) is 13.9. The third-order valence-corrected chi connectivity index (χ3v) is 5.72. The zero-order valence-corrected chi connectivity index (χ0v) is 25.5. The molecule has 0 spiro atoms. The molecule has 8 nitrogen and oxygen atoms in total. The van der Waals surface area contributed by atoms with E-state index in [1.54, 1.807) is 57.5 Å². The molecule has 4 rings (SSSR count). The predicted octanol–water partition coefficient (Wildman–Crippen LogP) is 5.29. The van der Waals surface area contributed by atoms with E-state index in [2.05, 4.69) is 21.3 Å². The summed E-state index contributed by atoms with van der Waals surface area (Å²) in [5.41, 5.74) is 3.66. The second-order valence-corrected chi connectivity index (χ2v) is 9.00. The first-order valence-corrected chi connectivity index (χ1v) is 13.4. The molecule has 4 amide bonds. The summed E-state index contributed by atoms with van der Waals surface area (Å²) in [6, 6.07) is 28.7. The van der Waals surface area contributed by atoms with Crippen molar-refractivity contribution in [2.45, 2.75) is 6.92 Å². The van der Waals surface area contributed by atoms with Crippen LogP contribution >= 0.6 is 11.6 Å². The molecule has 0 atom stereocenters. The maximum atomic E-state index is 12.3. The van der Waals surface area contributed by atoms with E-state index >= 15 is 0 Å². The Bertz CT molecular complexity index is 1290. The fourth-order valence-corrected chi connectivity index (χ4v) is 3.20. The summed E-state index contributed by atoms with van der Waals surface area (Å²) in [4.78, 5) is 43.8. The van der Waals surface area contributed by atoms with Gasteiger partial charge in [0.1, 0.15) is 5.82 Å². The Kier molecular flexibility index (Phi) is 16.7. The number of hydrogen-bond acceptors (Lipinski definition) is 4. The Hall–Kier alpha value is -5.02. The Morgan fingerprint density at radius 3 is 1.14 bits per heavy atom. The van der Waals surface area contributed by atoms with Gasteiger partial charge in [-0.05, 0) is 79.7 Å². The van der Waals surface area contributed by atoms with Crippen molar-refractivity contribution in [3.8, 4) is 0 Å². The molecular weight excluding hydrogens is 571 g/mol. The fourth-order valence-electron chi connectivity index (χ4n) is 3.07. The van der Waals surface area contributed by atoms with Gasteiger partial charge in [-0.25, -0.2) is 4.39 Å². The highest BCUT2D eigenvalue weighted by molar-refractivity contribution is 6.30. The molecule has 4 N–H and O–H groups in total. The number of amides is 4. The van der Waals surface area contributed by atoms with Crippen LogP contribution in [-0.2, 0) is 0 Å². The van der Waals surface area contributed by atoms with Gasteiger partial charge in [-0.2, -0.15) is 0 Å². The van der Waals surface area contributed by atoms with Crippen molar-refractivity contribution in [2.75, 3.05) is 28.2 Å². The van der Waals surface area contributed by atoms with Gasteiger partial charge in [0.2, 0.25) is 0 Å². The lowest BCUT2D eigenvalue weighted by atomic mass is 10.1. The van der Waals surface area contributed by atoms with Crippen molar-refractivity contribution in [3.63, 3.8) is 0 Å². The van der Waals surface area contributed by atoms with Gasteiger partial charge in [0.05, 0.1) is 0 Å². The van der Waals surface area contributed by atoms with E-state index in [0.717, 1.165) is 5.56 Å². The first-order valence-electron chi connectivity index (χ1n) is 13.1. The van der Waals surface area contributed by atoms with Crippen LogP contribution in [-0.4, -0.2) is 51.8 Å². The smallest absolute Gasteiger partial charge is 0.251 e. The Balaban J connectivity index is 0.000000287. The SMILES string of the molecule is CNC(=O)c1ccc(C)cc1.CNC(=O)c1ccc(Cl)cc1.CNC(=O)c1ccc(F)cc1.CNC(=O)c1ccccc1. The maximum absolute atomic E-state index is 12.3. The summed E-state index contributed by atoms with van der Waals surface area (Å²) in [6.07, 6.45) is 0. The molecule has 0 aromatic heterocycles. The zero-order chi connectivity index (χ0) is 32.2. The van der Waals surface area contributed by atoms with Crippen LogP contribution in [0.5, 0.6) is 0 Å². The minimum absolute atomic E-state index is 0.0370. The van der Waals surface area contributed by atoms with Crippen LogP contribution in [0.15, 0.2) is 103 Å². The summed E-state index contributed by atoms with van der Waals surface area (Å²) in [5.74, 6) is -0.713. The fraction of sp³-hybridized carbons (Fsp3) is 0.152. The summed E-state index contributed by atoms with van der Waals surface area (Å²) in [6.45, 7) is 1.99. The lowest BCUT2D eigenvalue weighted by Gasteiger charge is -1.98. The van der Waals surface area contributed by atoms with Crippen LogP contribution < -0.4 is 21.3 Å². The Labute approximate surface area is 256 Å². The van der Waals surface area contributed by atoms with E-state index in [1.165, 1.54) is 31.3 Å². The van der Waals surface area contributed by atoms with Gasteiger partial charge < -0.3 is 21.3 Å². The molecule has 43 heavy (non-hydrogen) atoms. The number of carbonyl (C=O) groups is 4. The molecule has 4 aromatic carbocycles. The molecule has 10 heteroatoms. The summed E-state index contributed by atoms with van der Waals surface area (Å²) >= 11 is 5.63. The van der Waals surface area contributed by atoms with Gasteiger partial charge in [-0.1, -0.05) is 47.5 Å². The highest BCUT2D eigenvalue weighted by Gasteiger charge is 2.02. The van der Waals surface area contributed by atoms with Crippen molar-refractivity contribution in [2.24, 2.45) is 0 Å². The average Bonchev–Trinajstić information content (AvgIpc) is 3.05. The van der Waals surface area contributed by atoms with Crippen molar-refractivity contribution in [1.29, 1.82) is 0 Å². The van der Waals surface area contributed by atoms with E-state index in [9.17, 15) is 23.6 Å². The largest absolute Gasteiger partial charge is 0.355 e. The van der Waals surface area contributed by atoms with Gasteiger partial charge >= 0.3 is 0 Å².